The Hall–Kier alpha value is -1.06. The molecule has 3 nitrogen and oxygen atoms in total. The summed E-state index contributed by atoms with van der Waals surface area (Å²) in [7, 11) is 0. The second-order valence-corrected chi connectivity index (χ2v) is 7.06. The summed E-state index contributed by atoms with van der Waals surface area (Å²) >= 11 is 0. The summed E-state index contributed by atoms with van der Waals surface area (Å²) in [5.74, 6) is 0.869. The maximum atomic E-state index is 12.8. The fourth-order valence-corrected chi connectivity index (χ4v) is 4.00. The van der Waals surface area contributed by atoms with Crippen molar-refractivity contribution < 1.29 is 4.79 Å². The van der Waals surface area contributed by atoms with Crippen molar-refractivity contribution in [3.8, 4) is 0 Å². The molecule has 3 atom stereocenters. The molecule has 2 aliphatic rings. The van der Waals surface area contributed by atoms with Crippen molar-refractivity contribution in [2.24, 2.45) is 5.92 Å². The van der Waals surface area contributed by atoms with E-state index in [9.17, 15) is 4.79 Å². The van der Waals surface area contributed by atoms with Gasteiger partial charge in [0.1, 0.15) is 0 Å². The Morgan fingerprint density at radius 2 is 1.96 bits per heavy atom. The summed E-state index contributed by atoms with van der Waals surface area (Å²) < 4.78 is 0. The minimum absolute atomic E-state index is 0. The summed E-state index contributed by atoms with van der Waals surface area (Å²) in [6, 6.07) is 9.38. The van der Waals surface area contributed by atoms with Crippen LogP contribution >= 0.6 is 12.4 Å². The number of halogens is 1. The molecule has 2 aliphatic heterocycles. The van der Waals surface area contributed by atoms with Gasteiger partial charge < -0.3 is 10.2 Å². The summed E-state index contributed by atoms with van der Waals surface area (Å²) in [5.41, 5.74) is 2.57. The molecule has 0 radical (unpaired) electrons. The molecule has 1 amide bonds. The van der Waals surface area contributed by atoms with Gasteiger partial charge in [-0.25, -0.2) is 0 Å². The predicted octanol–water partition coefficient (Wildman–Crippen LogP) is 3.86. The number of carbonyl (C=O) groups is 1. The highest BCUT2D eigenvalue weighted by Crippen LogP contribution is 2.36. The fourth-order valence-electron chi connectivity index (χ4n) is 4.00. The number of benzene rings is 1. The van der Waals surface area contributed by atoms with Gasteiger partial charge in [-0.15, -0.1) is 12.4 Å². The van der Waals surface area contributed by atoms with Crippen LogP contribution in [0.4, 0.5) is 0 Å². The topological polar surface area (TPSA) is 32.3 Å². The maximum absolute atomic E-state index is 12.8. The van der Waals surface area contributed by atoms with E-state index in [1.54, 1.807) is 0 Å². The van der Waals surface area contributed by atoms with Crippen molar-refractivity contribution in [2.45, 2.75) is 58.0 Å². The Morgan fingerprint density at radius 1 is 1.22 bits per heavy atom. The van der Waals surface area contributed by atoms with Crippen LogP contribution in [-0.4, -0.2) is 29.9 Å². The molecule has 0 aliphatic carbocycles. The third-order valence-electron chi connectivity index (χ3n) is 5.26. The number of nitrogens with zero attached hydrogens (tertiary/aromatic N) is 1. The standard InChI is InChI=1S/C19H28N2O.ClH/c1-14-7-9-16(10-8-14)19-15(2)5-4-12-21(19)18(22)13-17-6-3-11-20-17;/h7-10,15,17,19-20H,3-6,11-13H2,1-2H3;1H. The number of carbonyl (C=O) groups excluding carboxylic acids is 1. The van der Waals surface area contributed by atoms with Gasteiger partial charge in [0.2, 0.25) is 5.91 Å². The second kappa shape index (κ2) is 8.16. The monoisotopic (exact) mass is 336 g/mol. The lowest BCUT2D eigenvalue weighted by Crippen LogP contribution is -2.44. The smallest absolute Gasteiger partial charge is 0.224 e. The Labute approximate surface area is 146 Å². The van der Waals surface area contributed by atoms with Crippen molar-refractivity contribution >= 4 is 18.3 Å². The number of rotatable bonds is 3. The van der Waals surface area contributed by atoms with Gasteiger partial charge in [-0.1, -0.05) is 36.8 Å². The lowest BCUT2D eigenvalue weighted by Gasteiger charge is -2.41. The molecule has 1 aromatic carbocycles. The van der Waals surface area contributed by atoms with E-state index in [0.29, 0.717) is 24.3 Å². The van der Waals surface area contributed by atoms with Gasteiger partial charge in [-0.3, -0.25) is 4.79 Å². The van der Waals surface area contributed by atoms with E-state index < -0.39 is 0 Å². The molecule has 2 heterocycles. The van der Waals surface area contributed by atoms with E-state index in [1.807, 2.05) is 0 Å². The average molecular weight is 337 g/mol. The van der Waals surface area contributed by atoms with E-state index in [-0.39, 0.29) is 18.4 Å². The van der Waals surface area contributed by atoms with Crippen LogP contribution in [0.25, 0.3) is 0 Å². The molecule has 2 saturated heterocycles. The number of hydrogen-bond acceptors (Lipinski definition) is 2. The third kappa shape index (κ3) is 4.27. The zero-order chi connectivity index (χ0) is 15.5. The number of amides is 1. The Morgan fingerprint density at radius 3 is 2.61 bits per heavy atom. The molecule has 0 saturated carbocycles. The van der Waals surface area contributed by atoms with Crippen molar-refractivity contribution in [3.63, 3.8) is 0 Å². The number of nitrogens with one attached hydrogen (secondary N) is 1. The molecule has 1 N–H and O–H groups in total. The van der Waals surface area contributed by atoms with E-state index in [4.69, 9.17) is 0 Å². The Bertz CT molecular complexity index is 511. The first-order valence-corrected chi connectivity index (χ1v) is 8.74. The van der Waals surface area contributed by atoms with Crippen LogP contribution in [0.5, 0.6) is 0 Å². The van der Waals surface area contributed by atoms with Gasteiger partial charge in [0.15, 0.2) is 0 Å². The first kappa shape index (κ1) is 18.3. The van der Waals surface area contributed by atoms with Crippen molar-refractivity contribution in [1.82, 2.24) is 10.2 Å². The minimum Gasteiger partial charge on any atom is -0.335 e. The van der Waals surface area contributed by atoms with Crippen molar-refractivity contribution in [3.05, 3.63) is 35.4 Å². The van der Waals surface area contributed by atoms with E-state index in [2.05, 4.69) is 48.3 Å². The lowest BCUT2D eigenvalue weighted by molar-refractivity contribution is -0.137. The SMILES string of the molecule is Cc1ccc(C2C(C)CCCN2C(=O)CC2CCCN2)cc1.Cl. The third-order valence-corrected chi connectivity index (χ3v) is 5.26. The number of likely N-dealkylation sites (tertiary alicyclic amines) is 1. The summed E-state index contributed by atoms with van der Waals surface area (Å²) in [5, 5.41) is 3.45. The zero-order valence-electron chi connectivity index (χ0n) is 14.3. The van der Waals surface area contributed by atoms with E-state index in [1.165, 1.54) is 24.0 Å². The van der Waals surface area contributed by atoms with Crippen LogP contribution in [-0.2, 0) is 4.79 Å². The van der Waals surface area contributed by atoms with Crippen molar-refractivity contribution in [2.75, 3.05) is 13.1 Å². The van der Waals surface area contributed by atoms with Crippen LogP contribution in [0.2, 0.25) is 0 Å². The number of hydrogen-bond donors (Lipinski definition) is 1. The molecule has 0 aromatic heterocycles. The lowest BCUT2D eigenvalue weighted by atomic mass is 9.85. The first-order valence-electron chi connectivity index (χ1n) is 8.74. The second-order valence-electron chi connectivity index (χ2n) is 7.06. The quantitative estimate of drug-likeness (QED) is 0.909. The van der Waals surface area contributed by atoms with Gasteiger partial charge in [0.25, 0.3) is 0 Å². The normalized spacial score (nSPS) is 27.6. The maximum Gasteiger partial charge on any atom is 0.224 e. The number of piperidine rings is 1. The van der Waals surface area contributed by atoms with Gasteiger partial charge in [0, 0.05) is 19.0 Å². The number of aryl methyl sites for hydroxylation is 1. The van der Waals surface area contributed by atoms with Gasteiger partial charge in [-0.2, -0.15) is 0 Å². The molecule has 2 fully saturated rings. The van der Waals surface area contributed by atoms with Crippen LogP contribution < -0.4 is 5.32 Å². The molecule has 3 unspecified atom stereocenters. The molecule has 128 valence electrons. The summed E-state index contributed by atoms with van der Waals surface area (Å²) in [6.07, 6.45) is 5.35. The van der Waals surface area contributed by atoms with Gasteiger partial charge in [-0.05, 0) is 50.6 Å². The molecular formula is C19H29ClN2O. The molecule has 0 bridgehead atoms. The summed E-state index contributed by atoms with van der Waals surface area (Å²) in [6.45, 7) is 6.38. The predicted molar refractivity (Wildman–Crippen MR) is 96.9 cm³/mol. The Balaban J connectivity index is 0.00000192. The molecular weight excluding hydrogens is 308 g/mol. The largest absolute Gasteiger partial charge is 0.335 e. The van der Waals surface area contributed by atoms with Crippen LogP contribution in [0.1, 0.15) is 56.2 Å². The highest BCUT2D eigenvalue weighted by molar-refractivity contribution is 5.85. The van der Waals surface area contributed by atoms with Crippen LogP contribution in [0, 0.1) is 12.8 Å². The zero-order valence-corrected chi connectivity index (χ0v) is 15.1. The highest BCUT2D eigenvalue weighted by Gasteiger charge is 2.33. The van der Waals surface area contributed by atoms with E-state index >= 15 is 0 Å². The molecule has 1 aromatic rings. The minimum atomic E-state index is 0. The highest BCUT2D eigenvalue weighted by atomic mass is 35.5. The van der Waals surface area contributed by atoms with Crippen LogP contribution in [0.3, 0.4) is 0 Å². The molecule has 23 heavy (non-hydrogen) atoms. The van der Waals surface area contributed by atoms with Crippen molar-refractivity contribution in [1.29, 1.82) is 0 Å². The average Bonchev–Trinajstić information content (AvgIpc) is 3.01. The van der Waals surface area contributed by atoms with Gasteiger partial charge in [0.05, 0.1) is 6.04 Å². The Kier molecular flexibility index (Phi) is 6.49. The molecule has 4 heteroatoms. The van der Waals surface area contributed by atoms with Crippen LogP contribution in [0.15, 0.2) is 24.3 Å². The molecule has 0 spiro atoms. The fraction of sp³-hybridized carbons (Fsp3) is 0.632. The van der Waals surface area contributed by atoms with E-state index in [0.717, 1.165) is 25.9 Å². The molecule has 3 rings (SSSR count). The first-order chi connectivity index (χ1) is 10.6. The summed E-state index contributed by atoms with van der Waals surface area (Å²) in [4.78, 5) is 15.0. The van der Waals surface area contributed by atoms with Gasteiger partial charge >= 0.3 is 0 Å².